The molecule has 114 heavy (non-hydrogen) atoms. The number of carbonyl (C=O) groups is 2. The fourth-order valence-electron chi connectivity index (χ4n) is 12.1. The second kappa shape index (κ2) is 59.8. The third kappa shape index (κ3) is 42.0. The maximum atomic E-state index is 11.1. The van der Waals surface area contributed by atoms with E-state index < -0.39 is 5.60 Å². The second-order valence-corrected chi connectivity index (χ2v) is 32.8. The number of rotatable bonds is 26. The lowest BCUT2D eigenvalue weighted by molar-refractivity contribution is -0.154. The van der Waals surface area contributed by atoms with Gasteiger partial charge in [-0.05, 0) is 203 Å². The highest BCUT2D eigenvalue weighted by Crippen LogP contribution is 2.37. The van der Waals surface area contributed by atoms with Gasteiger partial charge in [-0.25, -0.2) is 4.79 Å². The van der Waals surface area contributed by atoms with Crippen molar-refractivity contribution in [2.45, 2.75) is 152 Å². The van der Waals surface area contributed by atoms with Crippen molar-refractivity contribution in [3.05, 3.63) is 402 Å². The lowest BCUT2D eigenvalue weighted by atomic mass is 9.74. The molecule has 0 saturated heterocycles. The zero-order valence-corrected chi connectivity index (χ0v) is 74.4. The van der Waals surface area contributed by atoms with Gasteiger partial charge in [0.25, 0.3) is 0 Å². The predicted molar refractivity (Wildman–Crippen MR) is 509 cm³/mol. The number of thioether (sulfide) groups is 5. The molecule has 10 heteroatoms. The molecular weight excluding hydrogens is 1490 g/mol. The summed E-state index contributed by atoms with van der Waals surface area (Å²) in [7, 11) is 0. The van der Waals surface area contributed by atoms with Crippen LogP contribution < -0.4 is 5.32 Å². The molecule has 0 aliphatic heterocycles. The predicted octanol–water partition coefficient (Wildman–Crippen LogP) is 29.9. The molecule has 0 aromatic heterocycles. The minimum atomic E-state index is -0.535. The monoisotopic (exact) mass is 1610 g/mol. The first-order valence-corrected chi connectivity index (χ1v) is 46.3. The quantitative estimate of drug-likeness (QED) is 0.0324. The fraction of sp³-hybridized carbons (Fsp3) is 0.288. The van der Waals surface area contributed by atoms with E-state index in [4.69, 9.17) is 9.47 Å². The standard InChI is InChI=1S/C19H24.C18H22.C11H15NO2S.C11H14O2.C11H10S.C10H12.C9H12S.C8H10S.C7H8S/c1-4-16(17-11-7-5-8-12-17)15-19(2,3)18-13-9-6-10-14-18;1-3-16(18-12-8-5-9-13-18)14-15(2)17-10-6-4-7-11-17;1-15-8-7-14-11(13)12-9-10-5-3-2-4-6-10;1-9(12)13-11(2,3)10-7-5-4-6-8-10;1-12-11-7-6-9-4-2-3-5-10(9)8-11;1-3-9(2)10-7-5-4-6-8-10;1-10-8-7-9-5-3-2-4-6-9;1-9-7-8-5-3-2-4-6-8;1-8-7-5-3-2-4-6-7/h5-14,16H,4,15H2,1-3H3;4-13,15-16H,3,14H2,1-2H3;2-6H,7-9H2,1H3,(H,12,13);4-8H,1-3H3;2-8H,1H3;4-8H,2-3H2,1H3;2-6H,7-8H2,1H3;2-6H,7H2,1H3;2-6H,1H3. The highest BCUT2D eigenvalue weighted by molar-refractivity contribution is 7.99. The number of hydrogen-bond acceptors (Lipinski definition) is 9. The number of aryl methyl sites for hydroxylation is 1. The lowest BCUT2D eigenvalue weighted by Crippen LogP contribution is -2.24. The highest BCUT2D eigenvalue weighted by Gasteiger charge is 2.26. The van der Waals surface area contributed by atoms with E-state index in [1.807, 2.05) is 147 Å². The molecule has 3 unspecified atom stereocenters. The summed E-state index contributed by atoms with van der Waals surface area (Å²) >= 11 is 8.96. The van der Waals surface area contributed by atoms with Crippen molar-refractivity contribution in [2.24, 2.45) is 0 Å². The van der Waals surface area contributed by atoms with Crippen molar-refractivity contribution in [3.63, 3.8) is 0 Å². The molecule has 0 heterocycles. The molecule has 0 aliphatic rings. The van der Waals surface area contributed by atoms with E-state index >= 15 is 0 Å². The first kappa shape index (κ1) is 97.5. The summed E-state index contributed by atoms with van der Waals surface area (Å²) in [5.41, 5.74) is 12.9. The van der Waals surface area contributed by atoms with E-state index in [0.717, 1.165) is 29.1 Å². The molecule has 0 fully saturated rings. The first-order valence-electron chi connectivity index (χ1n) is 39.6. The van der Waals surface area contributed by atoms with Gasteiger partial charge in [0.15, 0.2) is 0 Å². The van der Waals surface area contributed by atoms with Crippen molar-refractivity contribution >= 4 is 87.2 Å². The Labute approximate surface area is 709 Å². The molecule has 1 amide bonds. The molecule has 12 aromatic carbocycles. The number of esters is 1. The molecule has 0 spiro atoms. The Kier molecular flexibility index (Phi) is 51.1. The van der Waals surface area contributed by atoms with Crippen LogP contribution in [-0.2, 0) is 44.0 Å². The van der Waals surface area contributed by atoms with Crippen molar-refractivity contribution in [3.8, 4) is 0 Å². The SMILES string of the molecule is C=C(CC)c1ccccc1.CC(=O)OC(C)(C)c1ccccc1.CCC(CC(C)(C)c1ccccc1)c1ccccc1.CCC(CC(C)c1ccccc1)c1ccccc1.CSCCOC(=O)NCc1ccccc1.CSCCc1ccccc1.CSCc1ccccc1.CSc1ccc2ccccc2c1.CSc1ccccc1. The van der Waals surface area contributed by atoms with Crippen molar-refractivity contribution in [1.29, 1.82) is 0 Å². The van der Waals surface area contributed by atoms with Crippen LogP contribution >= 0.6 is 58.8 Å². The van der Waals surface area contributed by atoms with Gasteiger partial charge in [0.1, 0.15) is 12.2 Å². The Morgan fingerprint density at radius 3 is 1.29 bits per heavy atom. The molecule has 3 atom stereocenters. The topological polar surface area (TPSA) is 64.6 Å². The maximum Gasteiger partial charge on any atom is 0.407 e. The normalized spacial score (nSPS) is 11.1. The fourth-order valence-corrected chi connectivity index (χ4v) is 14.2. The number of alkyl carbamates (subject to hydrolysis) is 1. The van der Waals surface area contributed by atoms with Gasteiger partial charge in [-0.1, -0.05) is 370 Å². The van der Waals surface area contributed by atoms with Gasteiger partial charge in [0.2, 0.25) is 0 Å². The molecule has 12 aromatic rings. The third-order valence-corrected chi connectivity index (χ3v) is 21.9. The molecule has 0 radical (unpaired) electrons. The lowest BCUT2D eigenvalue weighted by Gasteiger charge is -2.30. The zero-order valence-electron chi connectivity index (χ0n) is 70.3. The summed E-state index contributed by atoms with van der Waals surface area (Å²) in [6.07, 6.45) is 17.1. The average Bonchev–Trinajstić information content (AvgIpc) is 0.848. The molecule has 602 valence electrons. The third-order valence-electron chi connectivity index (χ3n) is 18.7. The Morgan fingerprint density at radius 1 is 0.430 bits per heavy atom. The Hall–Kier alpha value is -8.87. The number of ether oxygens (including phenoxy) is 2. The van der Waals surface area contributed by atoms with Gasteiger partial charge in [0, 0.05) is 34.8 Å². The summed E-state index contributed by atoms with van der Waals surface area (Å²) in [6, 6.07) is 120. The van der Waals surface area contributed by atoms with Crippen LogP contribution in [0.25, 0.3) is 16.3 Å². The number of nitrogens with one attached hydrogen (secondary N) is 1. The maximum absolute atomic E-state index is 11.1. The number of carbonyl (C=O) groups excluding carboxylic acids is 2. The minimum Gasteiger partial charge on any atom is -0.455 e. The summed E-state index contributed by atoms with van der Waals surface area (Å²) < 4.78 is 10.1. The molecule has 0 aliphatic carbocycles. The molecule has 5 nitrogen and oxygen atoms in total. The average molecular weight is 1620 g/mol. The van der Waals surface area contributed by atoms with E-state index in [0.29, 0.717) is 30.9 Å². The number of fused-ring (bicyclic) bond motifs is 1. The van der Waals surface area contributed by atoms with E-state index in [1.165, 1.54) is 110 Å². The molecule has 12 rings (SSSR count). The summed E-state index contributed by atoms with van der Waals surface area (Å²) in [6.45, 7) is 23.8. The van der Waals surface area contributed by atoms with Gasteiger partial charge in [-0.2, -0.15) is 35.3 Å². The highest BCUT2D eigenvalue weighted by atomic mass is 32.2. The second-order valence-electron chi connectivity index (χ2n) is 28.2. The van der Waals surface area contributed by atoms with Crippen LogP contribution in [0.1, 0.15) is 162 Å². The summed E-state index contributed by atoms with van der Waals surface area (Å²) in [5.74, 6) is 4.85. The zero-order chi connectivity index (χ0) is 82.7. The Bertz CT molecular complexity index is 4360. The van der Waals surface area contributed by atoms with Crippen LogP contribution in [0, 0.1) is 0 Å². The molecule has 1 N–H and O–H groups in total. The minimum absolute atomic E-state index is 0.220. The Balaban J connectivity index is 0.000000274. The van der Waals surface area contributed by atoms with Crippen LogP contribution in [0.15, 0.2) is 362 Å². The van der Waals surface area contributed by atoms with E-state index in [9.17, 15) is 9.59 Å². The Morgan fingerprint density at radius 2 is 0.842 bits per heavy atom. The van der Waals surface area contributed by atoms with Crippen molar-refractivity contribution < 1.29 is 19.1 Å². The summed E-state index contributed by atoms with van der Waals surface area (Å²) in [4.78, 5) is 24.6. The largest absolute Gasteiger partial charge is 0.455 e. The van der Waals surface area contributed by atoms with Gasteiger partial charge >= 0.3 is 12.1 Å². The molecule has 0 bridgehead atoms. The molecule has 0 saturated carbocycles. The van der Waals surface area contributed by atoms with E-state index in [2.05, 4.69) is 321 Å². The first-order chi connectivity index (χ1) is 55.3. The van der Waals surface area contributed by atoms with Gasteiger partial charge in [-0.15, -0.1) is 23.5 Å². The number of allylic oxidation sites excluding steroid dienone is 1. The van der Waals surface area contributed by atoms with Crippen LogP contribution in [0.5, 0.6) is 0 Å². The van der Waals surface area contributed by atoms with Crippen molar-refractivity contribution in [2.75, 3.05) is 49.4 Å². The van der Waals surface area contributed by atoms with Gasteiger partial charge in [-0.3, -0.25) is 4.79 Å². The number of amides is 1. The summed E-state index contributed by atoms with van der Waals surface area (Å²) in [5, 5.41) is 5.33. The van der Waals surface area contributed by atoms with Crippen molar-refractivity contribution in [1.82, 2.24) is 5.32 Å². The van der Waals surface area contributed by atoms with Gasteiger partial charge in [0.05, 0.1) is 0 Å². The van der Waals surface area contributed by atoms with E-state index in [-0.39, 0.29) is 17.5 Å². The number of benzene rings is 12. The van der Waals surface area contributed by atoms with Crippen LogP contribution in [0.2, 0.25) is 0 Å². The van der Waals surface area contributed by atoms with E-state index in [1.54, 1.807) is 35.3 Å². The van der Waals surface area contributed by atoms with Crippen LogP contribution in [-0.4, -0.2) is 61.5 Å². The molecular formula is C104H127NO4S5. The van der Waals surface area contributed by atoms with Gasteiger partial charge < -0.3 is 14.8 Å². The van der Waals surface area contributed by atoms with Crippen LogP contribution in [0.3, 0.4) is 0 Å². The number of hydrogen-bond donors (Lipinski definition) is 1. The van der Waals surface area contributed by atoms with Crippen LogP contribution in [0.4, 0.5) is 4.79 Å². The smallest absolute Gasteiger partial charge is 0.407 e.